The summed E-state index contributed by atoms with van der Waals surface area (Å²) in [6.07, 6.45) is 1.90. The van der Waals surface area contributed by atoms with Gasteiger partial charge in [0.15, 0.2) is 0 Å². The molecule has 1 amide bonds. The number of hydrogen-bond donors (Lipinski definition) is 1. The molecule has 90 valence electrons. The van der Waals surface area contributed by atoms with Gasteiger partial charge in [0.1, 0.15) is 0 Å². The Morgan fingerprint density at radius 3 is 2.65 bits per heavy atom. The Hall–Kier alpha value is -1.61. The van der Waals surface area contributed by atoms with Crippen molar-refractivity contribution >= 4 is 5.91 Å². The topological polar surface area (TPSA) is 40.5 Å². The highest BCUT2D eigenvalue weighted by Gasteiger charge is 2.29. The number of aliphatic hydroxyl groups is 1. The summed E-state index contributed by atoms with van der Waals surface area (Å²) in [6.45, 7) is 4.73. The zero-order chi connectivity index (χ0) is 12.3. The minimum Gasteiger partial charge on any atom is -0.389 e. The van der Waals surface area contributed by atoms with Crippen LogP contribution in [0.2, 0.25) is 0 Å². The van der Waals surface area contributed by atoms with Gasteiger partial charge in [-0.05, 0) is 5.56 Å². The van der Waals surface area contributed by atoms with Crippen LogP contribution in [0.3, 0.4) is 0 Å². The van der Waals surface area contributed by atoms with E-state index in [4.69, 9.17) is 5.11 Å². The highest BCUT2D eigenvalue weighted by Crippen LogP contribution is 2.22. The maximum atomic E-state index is 11.9. The third kappa shape index (κ3) is 2.74. The minimum absolute atomic E-state index is 0.0569. The fourth-order valence-corrected chi connectivity index (χ4v) is 2.01. The van der Waals surface area contributed by atoms with E-state index in [1.807, 2.05) is 36.4 Å². The van der Waals surface area contributed by atoms with Crippen molar-refractivity contribution < 1.29 is 9.90 Å². The lowest BCUT2D eigenvalue weighted by molar-refractivity contribution is -0.141. The van der Waals surface area contributed by atoms with Crippen LogP contribution in [0.15, 0.2) is 43.0 Å². The van der Waals surface area contributed by atoms with Crippen LogP contribution in [0.4, 0.5) is 0 Å². The number of allylic oxidation sites excluding steroid dienone is 1. The highest BCUT2D eigenvalue weighted by atomic mass is 16.3. The molecule has 1 aliphatic heterocycles. The molecule has 3 nitrogen and oxygen atoms in total. The molecule has 1 aliphatic rings. The molecule has 1 saturated heterocycles. The first-order valence-electron chi connectivity index (χ1n) is 5.84. The van der Waals surface area contributed by atoms with Crippen molar-refractivity contribution in [1.29, 1.82) is 0 Å². The Morgan fingerprint density at radius 1 is 1.47 bits per heavy atom. The van der Waals surface area contributed by atoms with E-state index in [0.29, 0.717) is 19.5 Å². The largest absolute Gasteiger partial charge is 0.389 e. The molecule has 0 bridgehead atoms. The molecular weight excluding hydrogens is 214 g/mol. The second kappa shape index (κ2) is 5.15. The van der Waals surface area contributed by atoms with Crippen LogP contribution < -0.4 is 0 Å². The maximum absolute atomic E-state index is 11.9. The zero-order valence-corrected chi connectivity index (χ0v) is 9.75. The molecule has 0 spiro atoms. The van der Waals surface area contributed by atoms with Crippen LogP contribution in [0, 0.1) is 0 Å². The standard InChI is InChI=1S/C14H17NO2/c1-2-11(12-6-4-3-5-7-12)8-14(17)15-9-13(16)10-15/h2-7,11,13,16H,1,8-10H2. The van der Waals surface area contributed by atoms with E-state index in [-0.39, 0.29) is 17.9 Å². The molecule has 17 heavy (non-hydrogen) atoms. The van der Waals surface area contributed by atoms with Crippen molar-refractivity contribution in [2.45, 2.75) is 18.4 Å². The molecule has 0 saturated carbocycles. The molecule has 1 aromatic rings. The Balaban J connectivity index is 1.96. The zero-order valence-electron chi connectivity index (χ0n) is 9.75. The summed E-state index contributed by atoms with van der Waals surface area (Å²) in [5.74, 6) is 0.144. The first kappa shape index (κ1) is 11.9. The molecular formula is C14H17NO2. The van der Waals surface area contributed by atoms with Gasteiger partial charge in [-0.15, -0.1) is 6.58 Å². The Labute approximate surface area is 101 Å². The van der Waals surface area contributed by atoms with E-state index in [9.17, 15) is 4.79 Å². The number of benzene rings is 1. The van der Waals surface area contributed by atoms with Gasteiger partial charge in [0.25, 0.3) is 0 Å². The number of aliphatic hydroxyl groups excluding tert-OH is 1. The van der Waals surface area contributed by atoms with Crippen molar-refractivity contribution in [1.82, 2.24) is 4.90 Å². The Kier molecular flexibility index (Phi) is 3.59. The van der Waals surface area contributed by atoms with Crippen LogP contribution in [0.5, 0.6) is 0 Å². The number of carbonyl (C=O) groups is 1. The lowest BCUT2D eigenvalue weighted by Gasteiger charge is -2.36. The lowest BCUT2D eigenvalue weighted by Crippen LogP contribution is -2.53. The molecule has 1 unspecified atom stereocenters. The third-order valence-electron chi connectivity index (χ3n) is 3.12. The van der Waals surface area contributed by atoms with E-state index in [0.717, 1.165) is 5.56 Å². The molecule has 1 atom stereocenters. The van der Waals surface area contributed by atoms with Crippen LogP contribution in [-0.2, 0) is 4.79 Å². The number of likely N-dealkylation sites (tertiary alicyclic amines) is 1. The summed E-state index contributed by atoms with van der Waals surface area (Å²) < 4.78 is 0. The molecule has 1 heterocycles. The second-order valence-corrected chi connectivity index (χ2v) is 4.41. The van der Waals surface area contributed by atoms with Crippen LogP contribution >= 0.6 is 0 Å². The van der Waals surface area contributed by atoms with Gasteiger partial charge < -0.3 is 10.0 Å². The maximum Gasteiger partial charge on any atom is 0.223 e. The van der Waals surface area contributed by atoms with Gasteiger partial charge in [0, 0.05) is 25.4 Å². The van der Waals surface area contributed by atoms with Crippen LogP contribution in [0.25, 0.3) is 0 Å². The molecule has 1 fully saturated rings. The Morgan fingerprint density at radius 2 is 2.12 bits per heavy atom. The summed E-state index contributed by atoms with van der Waals surface area (Å²) in [4.78, 5) is 13.6. The molecule has 1 aromatic carbocycles. The smallest absolute Gasteiger partial charge is 0.223 e. The van der Waals surface area contributed by atoms with Gasteiger partial charge >= 0.3 is 0 Å². The summed E-state index contributed by atoms with van der Waals surface area (Å²) in [5.41, 5.74) is 1.11. The average Bonchev–Trinajstić information content (AvgIpc) is 2.33. The fraction of sp³-hybridized carbons (Fsp3) is 0.357. The minimum atomic E-state index is -0.335. The first-order chi connectivity index (χ1) is 8.20. The van der Waals surface area contributed by atoms with Crippen molar-refractivity contribution in [2.24, 2.45) is 0 Å². The third-order valence-corrected chi connectivity index (χ3v) is 3.12. The number of hydrogen-bond acceptors (Lipinski definition) is 2. The van der Waals surface area contributed by atoms with Gasteiger partial charge in [-0.3, -0.25) is 4.79 Å². The number of carbonyl (C=O) groups excluding carboxylic acids is 1. The van der Waals surface area contributed by atoms with Crippen molar-refractivity contribution in [3.05, 3.63) is 48.6 Å². The second-order valence-electron chi connectivity index (χ2n) is 4.41. The summed E-state index contributed by atoms with van der Waals surface area (Å²) in [5, 5.41) is 9.16. The SMILES string of the molecule is C=CC(CC(=O)N1CC(O)C1)c1ccccc1. The quantitative estimate of drug-likeness (QED) is 0.799. The average molecular weight is 231 g/mol. The van der Waals surface area contributed by atoms with Gasteiger partial charge in [-0.25, -0.2) is 0 Å². The van der Waals surface area contributed by atoms with Crippen LogP contribution in [-0.4, -0.2) is 35.1 Å². The fourth-order valence-electron chi connectivity index (χ4n) is 2.01. The summed E-state index contributed by atoms with van der Waals surface area (Å²) in [7, 11) is 0. The predicted octanol–water partition coefficient (Wildman–Crippen LogP) is 1.55. The summed E-state index contributed by atoms with van der Waals surface area (Å²) >= 11 is 0. The van der Waals surface area contributed by atoms with Gasteiger partial charge in [0.05, 0.1) is 6.10 Å². The number of nitrogens with zero attached hydrogens (tertiary/aromatic N) is 1. The van der Waals surface area contributed by atoms with Crippen LogP contribution in [0.1, 0.15) is 17.9 Å². The first-order valence-corrected chi connectivity index (χ1v) is 5.84. The molecule has 2 rings (SSSR count). The number of β-amino-alcohol motifs (C(OH)–C–C–N with tert-alkyl or cyclic N) is 1. The molecule has 0 aromatic heterocycles. The molecule has 1 N–H and O–H groups in total. The predicted molar refractivity (Wildman–Crippen MR) is 66.6 cm³/mol. The van der Waals surface area contributed by atoms with E-state index < -0.39 is 0 Å². The van der Waals surface area contributed by atoms with Crippen molar-refractivity contribution in [3.63, 3.8) is 0 Å². The van der Waals surface area contributed by atoms with Gasteiger partial charge in [-0.2, -0.15) is 0 Å². The Bertz CT molecular complexity index is 396. The molecule has 0 radical (unpaired) electrons. The van der Waals surface area contributed by atoms with E-state index >= 15 is 0 Å². The van der Waals surface area contributed by atoms with Gasteiger partial charge in [-0.1, -0.05) is 36.4 Å². The van der Waals surface area contributed by atoms with Crippen molar-refractivity contribution in [2.75, 3.05) is 13.1 Å². The van der Waals surface area contributed by atoms with E-state index in [1.165, 1.54) is 0 Å². The monoisotopic (exact) mass is 231 g/mol. The number of amides is 1. The van der Waals surface area contributed by atoms with E-state index in [2.05, 4.69) is 6.58 Å². The van der Waals surface area contributed by atoms with Crippen molar-refractivity contribution in [3.8, 4) is 0 Å². The highest BCUT2D eigenvalue weighted by molar-refractivity contribution is 5.78. The number of rotatable bonds is 4. The molecule has 0 aliphatic carbocycles. The van der Waals surface area contributed by atoms with E-state index in [1.54, 1.807) is 4.90 Å². The molecule has 3 heteroatoms. The van der Waals surface area contributed by atoms with Gasteiger partial charge in [0.2, 0.25) is 5.91 Å². The normalized spacial score (nSPS) is 17.4. The lowest BCUT2D eigenvalue weighted by atomic mass is 9.94. The summed E-state index contributed by atoms with van der Waals surface area (Å²) in [6, 6.07) is 9.89.